The Morgan fingerprint density at radius 3 is 2.47 bits per heavy atom. The van der Waals surface area contributed by atoms with Crippen molar-refractivity contribution in [2.45, 2.75) is 31.5 Å². The molecule has 1 amide bonds. The van der Waals surface area contributed by atoms with E-state index in [0.29, 0.717) is 19.6 Å². The van der Waals surface area contributed by atoms with Gasteiger partial charge in [0, 0.05) is 24.8 Å². The third-order valence-corrected chi connectivity index (χ3v) is 2.51. The summed E-state index contributed by atoms with van der Waals surface area (Å²) < 4.78 is 4.81. The SMILES string of the molecule is CCOC(=O)CC(Br)CN(C)C(=O)CC. The molecule has 1 atom stereocenters. The Morgan fingerprint density at radius 2 is 2.00 bits per heavy atom. The number of carbonyl (C=O) groups is 2. The summed E-state index contributed by atoms with van der Waals surface area (Å²) in [5.41, 5.74) is 0. The average Bonchev–Trinajstić information content (AvgIpc) is 2.16. The predicted octanol–water partition coefficient (Wildman–Crippen LogP) is 1.57. The lowest BCUT2D eigenvalue weighted by atomic mass is 10.3. The number of hydrogen-bond donors (Lipinski definition) is 0. The predicted molar refractivity (Wildman–Crippen MR) is 61.9 cm³/mol. The van der Waals surface area contributed by atoms with E-state index in [0.717, 1.165) is 0 Å². The molecule has 0 aliphatic rings. The summed E-state index contributed by atoms with van der Waals surface area (Å²) in [6.45, 7) is 4.50. The van der Waals surface area contributed by atoms with Crippen molar-refractivity contribution in [1.82, 2.24) is 4.90 Å². The number of carbonyl (C=O) groups excluding carboxylic acids is 2. The van der Waals surface area contributed by atoms with Gasteiger partial charge in [0.1, 0.15) is 0 Å². The number of alkyl halides is 1. The van der Waals surface area contributed by atoms with Gasteiger partial charge in [0.05, 0.1) is 13.0 Å². The summed E-state index contributed by atoms with van der Waals surface area (Å²) in [6.07, 6.45) is 0.769. The fourth-order valence-electron chi connectivity index (χ4n) is 1.13. The molecule has 0 rings (SSSR count). The fraction of sp³-hybridized carbons (Fsp3) is 0.800. The maximum atomic E-state index is 11.2. The van der Waals surface area contributed by atoms with Crippen molar-refractivity contribution in [2.24, 2.45) is 0 Å². The normalized spacial score (nSPS) is 12.0. The number of rotatable bonds is 6. The lowest BCUT2D eigenvalue weighted by Gasteiger charge is -2.19. The second-order valence-corrected chi connectivity index (χ2v) is 4.53. The smallest absolute Gasteiger partial charge is 0.306 e. The lowest BCUT2D eigenvalue weighted by Crippen LogP contribution is -2.32. The van der Waals surface area contributed by atoms with Crippen molar-refractivity contribution in [1.29, 1.82) is 0 Å². The van der Waals surface area contributed by atoms with Crippen LogP contribution in [-0.2, 0) is 14.3 Å². The highest BCUT2D eigenvalue weighted by Gasteiger charge is 2.15. The lowest BCUT2D eigenvalue weighted by molar-refractivity contribution is -0.143. The van der Waals surface area contributed by atoms with E-state index in [9.17, 15) is 9.59 Å². The highest BCUT2D eigenvalue weighted by atomic mass is 79.9. The maximum absolute atomic E-state index is 11.2. The molecule has 0 fully saturated rings. The molecule has 5 heteroatoms. The minimum atomic E-state index is -0.239. The number of halogens is 1. The van der Waals surface area contributed by atoms with Crippen molar-refractivity contribution in [3.05, 3.63) is 0 Å². The summed E-state index contributed by atoms with van der Waals surface area (Å²) in [4.78, 5) is 23.9. The van der Waals surface area contributed by atoms with Crippen LogP contribution in [0.1, 0.15) is 26.7 Å². The van der Waals surface area contributed by atoms with Gasteiger partial charge in [-0.05, 0) is 6.92 Å². The van der Waals surface area contributed by atoms with Crippen molar-refractivity contribution in [3.8, 4) is 0 Å². The standard InChI is InChI=1S/C10H18BrNO3/c1-4-9(13)12(3)7-8(11)6-10(14)15-5-2/h8H,4-7H2,1-3H3. The number of amides is 1. The zero-order valence-electron chi connectivity index (χ0n) is 9.46. The Kier molecular flexibility index (Phi) is 7.38. The molecule has 0 saturated carbocycles. The van der Waals surface area contributed by atoms with Gasteiger partial charge < -0.3 is 9.64 Å². The first kappa shape index (κ1) is 14.4. The molecule has 0 aromatic rings. The van der Waals surface area contributed by atoms with Crippen LogP contribution in [0.2, 0.25) is 0 Å². The van der Waals surface area contributed by atoms with Gasteiger partial charge in [-0.25, -0.2) is 0 Å². The summed E-state index contributed by atoms with van der Waals surface area (Å²) in [5, 5.41) is 0. The zero-order valence-corrected chi connectivity index (χ0v) is 11.0. The Balaban J connectivity index is 3.87. The molecule has 0 saturated heterocycles. The van der Waals surface area contributed by atoms with Crippen LogP contribution in [0.3, 0.4) is 0 Å². The monoisotopic (exact) mass is 279 g/mol. The molecule has 0 spiro atoms. The molecule has 0 aromatic carbocycles. The molecule has 0 bridgehead atoms. The Hall–Kier alpha value is -0.580. The van der Waals surface area contributed by atoms with Crippen LogP contribution in [-0.4, -0.2) is 41.8 Å². The van der Waals surface area contributed by atoms with Crippen LogP contribution in [0.5, 0.6) is 0 Å². The molecule has 0 heterocycles. The van der Waals surface area contributed by atoms with Crippen LogP contribution in [0.25, 0.3) is 0 Å². The first-order valence-electron chi connectivity index (χ1n) is 5.04. The summed E-state index contributed by atoms with van der Waals surface area (Å²) in [5.74, 6) is -0.167. The van der Waals surface area contributed by atoms with E-state index in [1.54, 1.807) is 18.9 Å². The second kappa shape index (κ2) is 7.68. The van der Waals surface area contributed by atoms with Gasteiger partial charge in [-0.2, -0.15) is 0 Å². The van der Waals surface area contributed by atoms with Crippen molar-refractivity contribution in [2.75, 3.05) is 20.2 Å². The molecular formula is C10H18BrNO3. The minimum Gasteiger partial charge on any atom is -0.466 e. The molecule has 0 aliphatic heterocycles. The van der Waals surface area contributed by atoms with Crippen LogP contribution < -0.4 is 0 Å². The summed E-state index contributed by atoms with van der Waals surface area (Å²) in [6, 6.07) is 0. The van der Waals surface area contributed by atoms with Crippen LogP contribution in [0.15, 0.2) is 0 Å². The highest BCUT2D eigenvalue weighted by molar-refractivity contribution is 9.09. The van der Waals surface area contributed by atoms with Gasteiger partial charge >= 0.3 is 5.97 Å². The maximum Gasteiger partial charge on any atom is 0.306 e. The molecule has 0 radical (unpaired) electrons. The largest absolute Gasteiger partial charge is 0.466 e. The van der Waals surface area contributed by atoms with Gasteiger partial charge in [0.15, 0.2) is 0 Å². The average molecular weight is 280 g/mol. The number of nitrogens with zero attached hydrogens (tertiary/aromatic N) is 1. The highest BCUT2D eigenvalue weighted by Crippen LogP contribution is 2.08. The quantitative estimate of drug-likeness (QED) is 0.548. The molecule has 88 valence electrons. The Bertz CT molecular complexity index is 221. The molecule has 1 unspecified atom stereocenters. The van der Waals surface area contributed by atoms with Crippen LogP contribution in [0, 0.1) is 0 Å². The van der Waals surface area contributed by atoms with Gasteiger partial charge in [-0.3, -0.25) is 9.59 Å². The third-order valence-electron chi connectivity index (χ3n) is 1.89. The van der Waals surface area contributed by atoms with Gasteiger partial charge in [0.25, 0.3) is 0 Å². The van der Waals surface area contributed by atoms with E-state index in [1.807, 2.05) is 6.92 Å². The van der Waals surface area contributed by atoms with Gasteiger partial charge in [-0.15, -0.1) is 0 Å². The fourth-order valence-corrected chi connectivity index (χ4v) is 1.83. The van der Waals surface area contributed by atoms with Crippen molar-refractivity contribution < 1.29 is 14.3 Å². The second-order valence-electron chi connectivity index (χ2n) is 3.23. The molecule has 4 nitrogen and oxygen atoms in total. The van der Waals surface area contributed by atoms with E-state index in [4.69, 9.17) is 4.74 Å². The summed E-state index contributed by atoms with van der Waals surface area (Å²) in [7, 11) is 1.73. The van der Waals surface area contributed by atoms with Crippen molar-refractivity contribution in [3.63, 3.8) is 0 Å². The molecule has 0 aromatic heterocycles. The van der Waals surface area contributed by atoms with Crippen LogP contribution in [0.4, 0.5) is 0 Å². The van der Waals surface area contributed by atoms with Gasteiger partial charge in [0.2, 0.25) is 5.91 Å². The zero-order chi connectivity index (χ0) is 11.8. The first-order valence-corrected chi connectivity index (χ1v) is 5.96. The summed E-state index contributed by atoms with van der Waals surface area (Å²) >= 11 is 3.35. The van der Waals surface area contributed by atoms with Gasteiger partial charge in [-0.1, -0.05) is 22.9 Å². The molecular weight excluding hydrogens is 262 g/mol. The topological polar surface area (TPSA) is 46.6 Å². The van der Waals surface area contributed by atoms with Crippen LogP contribution >= 0.6 is 15.9 Å². The molecule has 15 heavy (non-hydrogen) atoms. The number of ether oxygens (including phenoxy) is 1. The van der Waals surface area contributed by atoms with E-state index >= 15 is 0 Å². The third kappa shape index (κ3) is 6.49. The number of hydrogen-bond acceptors (Lipinski definition) is 3. The van der Waals surface area contributed by atoms with E-state index in [2.05, 4.69) is 15.9 Å². The Morgan fingerprint density at radius 1 is 1.40 bits per heavy atom. The minimum absolute atomic E-state index is 0.0444. The van der Waals surface area contributed by atoms with E-state index in [-0.39, 0.29) is 23.1 Å². The molecule has 0 N–H and O–H groups in total. The van der Waals surface area contributed by atoms with E-state index in [1.165, 1.54) is 0 Å². The number of esters is 1. The Labute approximate surface area is 99.1 Å². The van der Waals surface area contributed by atoms with E-state index < -0.39 is 0 Å². The molecule has 0 aliphatic carbocycles. The first-order chi connectivity index (χ1) is 7.01. The van der Waals surface area contributed by atoms with Crippen molar-refractivity contribution >= 4 is 27.8 Å².